The SMILES string of the molecule is COc1cccc(/C=C/C(=O)N2C(=O)OC[C@H]2c2ccccc2)c1. The van der Waals surface area contributed by atoms with E-state index in [4.69, 9.17) is 9.47 Å². The van der Waals surface area contributed by atoms with E-state index in [1.54, 1.807) is 19.3 Å². The average Bonchev–Trinajstić information content (AvgIpc) is 3.02. The van der Waals surface area contributed by atoms with Crippen LogP contribution in [0.15, 0.2) is 60.7 Å². The first-order valence-corrected chi connectivity index (χ1v) is 7.56. The van der Waals surface area contributed by atoms with Crippen LogP contribution in [0.25, 0.3) is 6.08 Å². The number of cyclic esters (lactones) is 1. The number of methoxy groups -OCH3 is 1. The van der Waals surface area contributed by atoms with Crippen molar-refractivity contribution in [2.45, 2.75) is 6.04 Å². The predicted octanol–water partition coefficient (Wildman–Crippen LogP) is 3.43. The molecule has 0 unspecified atom stereocenters. The Hall–Kier alpha value is -3.08. The number of imide groups is 1. The van der Waals surface area contributed by atoms with Crippen LogP contribution in [0, 0.1) is 0 Å². The second-order valence-electron chi connectivity index (χ2n) is 5.32. The predicted molar refractivity (Wildman–Crippen MR) is 89.4 cm³/mol. The van der Waals surface area contributed by atoms with E-state index in [0.29, 0.717) is 5.75 Å². The van der Waals surface area contributed by atoms with Crippen LogP contribution in [-0.4, -0.2) is 30.6 Å². The topological polar surface area (TPSA) is 55.8 Å². The summed E-state index contributed by atoms with van der Waals surface area (Å²) in [4.78, 5) is 25.6. The number of carbonyl (C=O) groups excluding carboxylic acids is 2. The molecule has 5 heteroatoms. The summed E-state index contributed by atoms with van der Waals surface area (Å²) in [5.41, 5.74) is 1.68. The quantitative estimate of drug-likeness (QED) is 0.809. The van der Waals surface area contributed by atoms with Gasteiger partial charge < -0.3 is 9.47 Å². The van der Waals surface area contributed by atoms with Gasteiger partial charge in [-0.15, -0.1) is 0 Å². The zero-order chi connectivity index (χ0) is 16.9. The first-order valence-electron chi connectivity index (χ1n) is 7.56. The normalized spacial score (nSPS) is 17.1. The van der Waals surface area contributed by atoms with Crippen molar-refractivity contribution >= 4 is 18.1 Å². The minimum Gasteiger partial charge on any atom is -0.497 e. The lowest BCUT2D eigenvalue weighted by Gasteiger charge is -2.18. The molecule has 1 aliphatic rings. The van der Waals surface area contributed by atoms with E-state index in [1.165, 1.54) is 6.08 Å². The lowest BCUT2D eigenvalue weighted by Crippen LogP contribution is -2.32. The lowest BCUT2D eigenvalue weighted by atomic mass is 10.1. The maximum atomic E-state index is 12.5. The van der Waals surface area contributed by atoms with Gasteiger partial charge in [-0.2, -0.15) is 0 Å². The van der Waals surface area contributed by atoms with Crippen LogP contribution in [0.2, 0.25) is 0 Å². The second-order valence-corrected chi connectivity index (χ2v) is 5.32. The smallest absolute Gasteiger partial charge is 0.417 e. The van der Waals surface area contributed by atoms with Crippen molar-refractivity contribution in [1.82, 2.24) is 4.90 Å². The summed E-state index contributed by atoms with van der Waals surface area (Å²) in [5.74, 6) is 0.293. The molecule has 1 aliphatic heterocycles. The zero-order valence-corrected chi connectivity index (χ0v) is 13.2. The third-order valence-electron chi connectivity index (χ3n) is 3.81. The Morgan fingerprint density at radius 1 is 1.21 bits per heavy atom. The summed E-state index contributed by atoms with van der Waals surface area (Å²) in [7, 11) is 1.58. The van der Waals surface area contributed by atoms with Crippen LogP contribution in [0.4, 0.5) is 4.79 Å². The third kappa shape index (κ3) is 3.30. The van der Waals surface area contributed by atoms with E-state index in [9.17, 15) is 9.59 Å². The molecular formula is C19H17NO4. The van der Waals surface area contributed by atoms with Crippen LogP contribution in [0.5, 0.6) is 5.75 Å². The van der Waals surface area contributed by atoms with Crippen LogP contribution < -0.4 is 4.74 Å². The Morgan fingerprint density at radius 3 is 2.75 bits per heavy atom. The highest BCUT2D eigenvalue weighted by atomic mass is 16.6. The lowest BCUT2D eigenvalue weighted by molar-refractivity contribution is -0.124. The molecule has 1 atom stereocenters. The van der Waals surface area contributed by atoms with Crippen molar-refractivity contribution in [1.29, 1.82) is 0 Å². The summed E-state index contributed by atoms with van der Waals surface area (Å²) in [5, 5.41) is 0. The molecule has 1 saturated heterocycles. The molecule has 5 nitrogen and oxygen atoms in total. The van der Waals surface area contributed by atoms with Gasteiger partial charge in [0.05, 0.1) is 7.11 Å². The molecule has 0 saturated carbocycles. The molecule has 122 valence electrons. The van der Waals surface area contributed by atoms with Gasteiger partial charge in [0.25, 0.3) is 5.91 Å². The first kappa shape index (κ1) is 15.8. The van der Waals surface area contributed by atoms with Gasteiger partial charge in [0.1, 0.15) is 18.4 Å². The number of nitrogens with zero attached hydrogens (tertiary/aromatic N) is 1. The van der Waals surface area contributed by atoms with Gasteiger partial charge in [-0.1, -0.05) is 42.5 Å². The van der Waals surface area contributed by atoms with E-state index in [0.717, 1.165) is 16.0 Å². The Labute approximate surface area is 140 Å². The highest BCUT2D eigenvalue weighted by Crippen LogP contribution is 2.28. The average molecular weight is 323 g/mol. The molecule has 0 radical (unpaired) electrons. The molecule has 0 spiro atoms. The van der Waals surface area contributed by atoms with Crippen LogP contribution in [-0.2, 0) is 9.53 Å². The molecule has 0 N–H and O–H groups in total. The van der Waals surface area contributed by atoms with Crippen molar-refractivity contribution in [3.63, 3.8) is 0 Å². The number of amides is 2. The van der Waals surface area contributed by atoms with Crippen LogP contribution >= 0.6 is 0 Å². The molecule has 2 aromatic rings. The highest BCUT2D eigenvalue weighted by Gasteiger charge is 2.37. The fraction of sp³-hybridized carbons (Fsp3) is 0.158. The molecule has 1 fully saturated rings. The maximum Gasteiger partial charge on any atom is 0.417 e. The molecular weight excluding hydrogens is 306 g/mol. The standard InChI is InChI=1S/C19H17NO4/c1-23-16-9-5-6-14(12-16)10-11-18(21)20-17(13-24-19(20)22)15-7-3-2-4-8-15/h2-12,17H,13H2,1H3/b11-10+/t17-/m0/s1. The number of rotatable bonds is 4. The molecule has 3 rings (SSSR count). The van der Waals surface area contributed by atoms with Gasteiger partial charge in [-0.25, -0.2) is 9.69 Å². The Bertz CT molecular complexity index is 770. The highest BCUT2D eigenvalue weighted by molar-refractivity contribution is 6.02. The second kappa shape index (κ2) is 7.00. The zero-order valence-electron chi connectivity index (χ0n) is 13.2. The largest absolute Gasteiger partial charge is 0.497 e. The Kier molecular flexibility index (Phi) is 4.61. The molecule has 2 amide bonds. The van der Waals surface area contributed by atoms with Gasteiger partial charge in [0.2, 0.25) is 0 Å². The fourth-order valence-electron chi connectivity index (χ4n) is 2.58. The molecule has 24 heavy (non-hydrogen) atoms. The monoisotopic (exact) mass is 323 g/mol. The van der Waals surface area contributed by atoms with Crippen molar-refractivity contribution < 1.29 is 19.1 Å². The molecule has 0 aromatic heterocycles. The van der Waals surface area contributed by atoms with E-state index in [2.05, 4.69) is 0 Å². The summed E-state index contributed by atoms with van der Waals surface area (Å²) in [6, 6.07) is 16.3. The Morgan fingerprint density at radius 2 is 2.00 bits per heavy atom. The van der Waals surface area contributed by atoms with Crippen molar-refractivity contribution in [3.8, 4) is 5.75 Å². The molecule has 0 bridgehead atoms. The van der Waals surface area contributed by atoms with Crippen LogP contribution in [0.1, 0.15) is 17.2 Å². The molecule has 1 heterocycles. The van der Waals surface area contributed by atoms with Gasteiger partial charge >= 0.3 is 6.09 Å². The number of hydrogen-bond donors (Lipinski definition) is 0. The van der Waals surface area contributed by atoms with Crippen molar-refractivity contribution in [2.75, 3.05) is 13.7 Å². The van der Waals surface area contributed by atoms with Gasteiger partial charge in [-0.3, -0.25) is 4.79 Å². The minimum atomic E-state index is -0.621. The number of hydrogen-bond acceptors (Lipinski definition) is 4. The van der Waals surface area contributed by atoms with E-state index >= 15 is 0 Å². The number of ether oxygens (including phenoxy) is 2. The maximum absolute atomic E-state index is 12.5. The first-order chi connectivity index (χ1) is 11.7. The van der Waals surface area contributed by atoms with Crippen molar-refractivity contribution in [2.24, 2.45) is 0 Å². The molecule has 2 aromatic carbocycles. The van der Waals surface area contributed by atoms with Crippen molar-refractivity contribution in [3.05, 3.63) is 71.8 Å². The number of benzene rings is 2. The van der Waals surface area contributed by atoms with E-state index in [1.807, 2.05) is 48.5 Å². The minimum absolute atomic E-state index is 0.168. The summed E-state index contributed by atoms with van der Waals surface area (Å²) in [6.45, 7) is 0.168. The van der Waals surface area contributed by atoms with Gasteiger partial charge in [-0.05, 0) is 29.3 Å². The Balaban J connectivity index is 1.79. The van der Waals surface area contributed by atoms with Gasteiger partial charge in [0, 0.05) is 6.08 Å². The summed E-state index contributed by atoms with van der Waals surface area (Å²) >= 11 is 0. The fourth-order valence-corrected chi connectivity index (χ4v) is 2.58. The summed E-state index contributed by atoms with van der Waals surface area (Å²) in [6.07, 6.45) is 2.40. The van der Waals surface area contributed by atoms with E-state index < -0.39 is 18.0 Å². The van der Waals surface area contributed by atoms with Crippen LogP contribution in [0.3, 0.4) is 0 Å². The van der Waals surface area contributed by atoms with E-state index in [-0.39, 0.29) is 6.61 Å². The van der Waals surface area contributed by atoms with Gasteiger partial charge in [0.15, 0.2) is 0 Å². The third-order valence-corrected chi connectivity index (χ3v) is 3.81. The molecule has 0 aliphatic carbocycles. The number of carbonyl (C=O) groups is 2. The summed E-state index contributed by atoms with van der Waals surface area (Å²) < 4.78 is 10.2.